The lowest BCUT2D eigenvalue weighted by molar-refractivity contribution is 1.08. The molecule has 0 radical (unpaired) electrons. The monoisotopic (exact) mass is 793 g/mol. The zero-order valence-electron chi connectivity index (χ0n) is 42.4. The molecule has 0 N–H and O–H groups in total. The molecule has 0 bridgehead atoms. The van der Waals surface area contributed by atoms with Gasteiger partial charge in [-0.25, -0.2) is 0 Å². The van der Waals surface area contributed by atoms with Gasteiger partial charge in [-0.3, -0.25) is 0 Å². The Morgan fingerprint density at radius 1 is 0.403 bits per heavy atom. The van der Waals surface area contributed by atoms with Crippen molar-refractivity contribution in [3.05, 3.63) is 193 Å². The summed E-state index contributed by atoms with van der Waals surface area (Å²) in [7, 11) is 0. The van der Waals surface area contributed by atoms with Crippen LogP contribution < -0.4 is 16.4 Å². The molecule has 12 aromatic rings. The Labute approximate surface area is 369 Å². The van der Waals surface area contributed by atoms with E-state index >= 15 is 0 Å². The average molecular weight is 794 g/mol. The molecule has 0 spiro atoms. The van der Waals surface area contributed by atoms with Crippen LogP contribution in [0.25, 0.3) is 105 Å². The highest BCUT2D eigenvalue weighted by Gasteiger charge is 2.44. The van der Waals surface area contributed by atoms with E-state index in [4.69, 9.17) is 13.7 Å². The normalized spacial score (nSPS) is 14.7. The smallest absolute Gasteiger partial charge is 0.252 e. The molecule has 0 fully saturated rings. The van der Waals surface area contributed by atoms with Crippen molar-refractivity contribution < 1.29 is 13.7 Å². The first-order valence-corrected chi connectivity index (χ1v) is 20.2. The lowest BCUT2D eigenvalue weighted by Gasteiger charge is -2.35. The number of benzene rings is 9. The van der Waals surface area contributed by atoms with E-state index < -0.39 is 60.4 Å². The van der Waals surface area contributed by atoms with Crippen LogP contribution in [-0.2, 0) is 0 Å². The number of hydrogen-bond donors (Lipinski definition) is 0. The van der Waals surface area contributed by atoms with E-state index in [9.17, 15) is 10.5 Å². The van der Waals surface area contributed by atoms with Crippen molar-refractivity contribution in [3.63, 3.8) is 0 Å². The van der Waals surface area contributed by atoms with Gasteiger partial charge in [0.15, 0.2) is 0 Å². The molecule has 0 atom stereocenters. The van der Waals surface area contributed by atoms with Crippen LogP contribution in [0.2, 0.25) is 0 Å². The molecule has 0 aliphatic carbocycles. The molecule has 6 heteroatoms. The first-order valence-electron chi connectivity index (χ1n) is 25.2. The number of nitrogens with zero attached hydrogens (tertiary/aromatic N) is 5. The van der Waals surface area contributed by atoms with Crippen molar-refractivity contribution in [1.29, 1.82) is 10.5 Å². The van der Waals surface area contributed by atoms with E-state index in [1.807, 2.05) is 41.0 Å². The van der Waals surface area contributed by atoms with Crippen molar-refractivity contribution >= 4 is 88.5 Å². The predicted octanol–water partition coefficient (Wildman–Crippen LogP) is 11.2. The first kappa shape index (κ1) is 25.1. The maximum Gasteiger partial charge on any atom is 0.252 e. The van der Waals surface area contributed by atoms with Gasteiger partial charge in [0.1, 0.15) is 23.3 Å². The van der Waals surface area contributed by atoms with Gasteiger partial charge in [-0.1, -0.05) is 145 Å². The first-order chi connectivity index (χ1) is 34.9. The summed E-state index contributed by atoms with van der Waals surface area (Å²) in [5.74, 6) is 0. The molecule has 9 aromatic carbocycles. The van der Waals surface area contributed by atoms with Crippen LogP contribution in [0.4, 0.5) is 0 Å². The third-order valence-corrected chi connectivity index (χ3v) is 13.1. The van der Waals surface area contributed by atoms with Gasteiger partial charge in [-0.2, -0.15) is 10.5 Å². The number of fused-ring (bicyclic) bond motifs is 13. The highest BCUT2D eigenvalue weighted by molar-refractivity contribution is 7.00. The molecule has 5 nitrogen and oxygen atoms in total. The van der Waals surface area contributed by atoms with Gasteiger partial charge in [0, 0.05) is 43.4 Å². The molecule has 3 aromatic heterocycles. The molecule has 0 unspecified atom stereocenters. The van der Waals surface area contributed by atoms with Gasteiger partial charge in [0.05, 0.1) is 52.8 Å². The summed E-state index contributed by atoms with van der Waals surface area (Å²) < 4.78 is 92.7. The summed E-state index contributed by atoms with van der Waals surface area (Å²) in [6.45, 7) is -0.387. The van der Waals surface area contributed by atoms with Crippen LogP contribution in [0.1, 0.15) is 24.8 Å². The standard InChI is InChI=1S/C56H30BN5/c58-31-43-52(60-49-27-25-35(33-13-3-1-4-14-33)29-41(49)42-30-36(26-28-50(42)60)34-15-5-2-6-16-34)44(32-59)56-51-55(43)61-47-23-9-7-17-37(47)39-19-11-21-45(53(39)61)57(51)46-22-12-20-40-38-18-8-10-24-48(38)62(56)54(40)46/h1-30H/i1D,2D,3D,4D,5D,6D,13D,14D,15D,16D. The van der Waals surface area contributed by atoms with Crippen molar-refractivity contribution in [2.75, 3.05) is 0 Å². The molecular weight excluding hydrogens is 753 g/mol. The molecule has 5 heterocycles. The van der Waals surface area contributed by atoms with E-state index in [2.05, 4.69) is 69.8 Å². The lowest BCUT2D eigenvalue weighted by atomic mass is 9.34. The minimum Gasteiger partial charge on any atom is -0.309 e. The van der Waals surface area contributed by atoms with Gasteiger partial charge in [-0.05, 0) is 75.0 Å². The van der Waals surface area contributed by atoms with E-state index in [1.165, 1.54) is 0 Å². The Kier molecular flexibility index (Phi) is 4.87. The van der Waals surface area contributed by atoms with Crippen molar-refractivity contribution in [2.24, 2.45) is 0 Å². The molecule has 62 heavy (non-hydrogen) atoms. The number of hydrogen-bond acceptors (Lipinski definition) is 2. The van der Waals surface area contributed by atoms with E-state index in [1.54, 1.807) is 36.4 Å². The minimum absolute atomic E-state index is 0.0328. The summed E-state index contributed by atoms with van der Waals surface area (Å²) in [6.07, 6.45) is 0. The van der Waals surface area contributed by atoms with Crippen molar-refractivity contribution in [3.8, 4) is 51.5 Å². The maximum atomic E-state index is 12.0. The average Bonchev–Trinajstić information content (AvgIpc) is 4.04. The molecule has 14 rings (SSSR count). The maximum absolute atomic E-state index is 12.0. The fraction of sp³-hybridized carbons (Fsp3) is 0. The molecule has 282 valence electrons. The zero-order valence-corrected chi connectivity index (χ0v) is 32.4. The summed E-state index contributed by atoms with van der Waals surface area (Å²) in [4.78, 5) is 0. The summed E-state index contributed by atoms with van der Waals surface area (Å²) in [5, 5.41) is 28.9. The van der Waals surface area contributed by atoms with Crippen molar-refractivity contribution in [1.82, 2.24) is 13.7 Å². The van der Waals surface area contributed by atoms with Crippen LogP contribution in [-0.4, -0.2) is 20.4 Å². The van der Waals surface area contributed by atoms with Gasteiger partial charge in [-0.15, -0.1) is 0 Å². The molecule has 2 aliphatic heterocycles. The zero-order chi connectivity index (χ0) is 49.5. The van der Waals surface area contributed by atoms with E-state index in [0.29, 0.717) is 44.3 Å². The molecule has 0 saturated heterocycles. The van der Waals surface area contributed by atoms with E-state index in [0.717, 1.165) is 60.0 Å². The summed E-state index contributed by atoms with van der Waals surface area (Å²) in [6, 6.07) is 39.7. The fourth-order valence-corrected chi connectivity index (χ4v) is 10.8. The van der Waals surface area contributed by atoms with Crippen LogP contribution in [0, 0.1) is 22.7 Å². The second-order valence-electron chi connectivity index (χ2n) is 15.9. The van der Waals surface area contributed by atoms with Crippen LogP contribution in [0.3, 0.4) is 0 Å². The summed E-state index contributed by atoms with van der Waals surface area (Å²) in [5.41, 5.74) is 10.0. The number of nitriles is 2. The largest absolute Gasteiger partial charge is 0.309 e. The number of para-hydroxylation sites is 4. The third kappa shape index (κ3) is 4.06. The van der Waals surface area contributed by atoms with E-state index in [-0.39, 0.29) is 34.7 Å². The second-order valence-corrected chi connectivity index (χ2v) is 15.9. The molecular formula is C56H30BN5. The van der Waals surface area contributed by atoms with Crippen LogP contribution in [0.5, 0.6) is 0 Å². The third-order valence-electron chi connectivity index (χ3n) is 13.1. The Bertz CT molecular complexity index is 4340. The van der Waals surface area contributed by atoms with Gasteiger partial charge < -0.3 is 13.7 Å². The second kappa shape index (κ2) is 12.0. The van der Waals surface area contributed by atoms with Crippen LogP contribution >= 0.6 is 0 Å². The van der Waals surface area contributed by atoms with Gasteiger partial charge >= 0.3 is 0 Å². The number of rotatable bonds is 3. The number of aromatic nitrogens is 3. The summed E-state index contributed by atoms with van der Waals surface area (Å²) >= 11 is 0. The Hall–Kier alpha value is -8.58. The molecule has 0 saturated carbocycles. The van der Waals surface area contributed by atoms with Crippen molar-refractivity contribution in [2.45, 2.75) is 0 Å². The Morgan fingerprint density at radius 3 is 1.31 bits per heavy atom. The van der Waals surface area contributed by atoms with Crippen LogP contribution in [0.15, 0.2) is 182 Å². The Balaban J connectivity index is 1.20. The fourth-order valence-electron chi connectivity index (χ4n) is 10.8. The van der Waals surface area contributed by atoms with Gasteiger partial charge in [0.25, 0.3) is 6.71 Å². The SMILES string of the molecule is [2H]c1c([2H])c([2H])c(-c2ccc3c(c2)c2cc(-c4c([2H])c([2H])c([2H])c([2H])c4[2H])ccc2n3-c2c(C#N)c3c4c(c2C#N)-n2c5ccccc5c5cccc(c52)B4c2cccc4c5ccccc5n-3c24)c([2H])c1[2H]. The molecule has 0 amide bonds. The Morgan fingerprint density at radius 2 is 0.839 bits per heavy atom. The highest BCUT2D eigenvalue weighted by Crippen LogP contribution is 2.45. The molecule has 2 aliphatic rings. The van der Waals surface area contributed by atoms with Gasteiger partial charge in [0.2, 0.25) is 0 Å². The topological polar surface area (TPSA) is 62.4 Å². The predicted molar refractivity (Wildman–Crippen MR) is 254 cm³/mol. The highest BCUT2D eigenvalue weighted by atomic mass is 15.1. The minimum atomic E-state index is -0.535. The lowest BCUT2D eigenvalue weighted by Crippen LogP contribution is -2.60. The quantitative estimate of drug-likeness (QED) is 0.167.